The molecule has 0 bridgehead atoms. The lowest BCUT2D eigenvalue weighted by atomic mass is 9.98. The third kappa shape index (κ3) is 5.89. The average molecular weight is 613 g/mol. The number of piperazine rings is 1. The molecule has 1 aliphatic heterocycles. The van der Waals surface area contributed by atoms with Gasteiger partial charge < -0.3 is 25.0 Å². The number of anilines is 3. The van der Waals surface area contributed by atoms with E-state index in [1.165, 1.54) is 10.9 Å². The Morgan fingerprint density at radius 1 is 1.11 bits per heavy atom. The molecule has 236 valence electrons. The molecule has 1 amide bonds. The molecule has 1 aliphatic carbocycles. The molecule has 1 aromatic carbocycles. The summed E-state index contributed by atoms with van der Waals surface area (Å²) in [5.41, 5.74) is 2.16. The van der Waals surface area contributed by atoms with E-state index in [9.17, 15) is 14.7 Å². The summed E-state index contributed by atoms with van der Waals surface area (Å²) in [4.78, 5) is 43.8. The van der Waals surface area contributed by atoms with Gasteiger partial charge in [0.25, 0.3) is 5.56 Å². The predicted molar refractivity (Wildman–Crippen MR) is 173 cm³/mol. The van der Waals surface area contributed by atoms with Crippen LogP contribution >= 0.6 is 0 Å². The third-order valence-corrected chi connectivity index (χ3v) is 8.41. The number of hydrogen-bond acceptors (Lipinski definition) is 9. The fourth-order valence-electron chi connectivity index (χ4n) is 5.97. The minimum Gasteiger partial charge on any atom is -0.444 e. The van der Waals surface area contributed by atoms with Crippen molar-refractivity contribution in [3.63, 3.8) is 0 Å². The van der Waals surface area contributed by atoms with Crippen LogP contribution < -0.4 is 15.8 Å². The fourth-order valence-corrected chi connectivity index (χ4v) is 5.97. The number of allylic oxidation sites excluding steroid dienone is 1. The second kappa shape index (κ2) is 11.7. The first-order valence-electron chi connectivity index (χ1n) is 15.4. The van der Waals surface area contributed by atoms with Crippen LogP contribution in [0.25, 0.3) is 16.9 Å². The largest absolute Gasteiger partial charge is 0.444 e. The molecule has 4 heterocycles. The first-order valence-corrected chi connectivity index (χ1v) is 15.4. The Kier molecular flexibility index (Phi) is 7.86. The van der Waals surface area contributed by atoms with Crippen LogP contribution in [0, 0.1) is 0 Å². The van der Waals surface area contributed by atoms with E-state index in [4.69, 9.17) is 14.7 Å². The first kappa shape index (κ1) is 30.3. The van der Waals surface area contributed by atoms with E-state index in [1.54, 1.807) is 15.7 Å². The average Bonchev–Trinajstić information content (AvgIpc) is 3.50. The van der Waals surface area contributed by atoms with E-state index in [0.29, 0.717) is 67.5 Å². The van der Waals surface area contributed by atoms with Gasteiger partial charge in [0.15, 0.2) is 11.5 Å². The summed E-state index contributed by atoms with van der Waals surface area (Å²) in [5, 5.41) is 14.8. The fraction of sp³-hybridized carbons (Fsp3) is 0.424. The minimum absolute atomic E-state index is 0.249. The third-order valence-electron chi connectivity index (χ3n) is 8.41. The molecule has 12 nitrogen and oxygen atoms in total. The number of hydrogen-bond donors (Lipinski definition) is 2. The standard InChI is InChI=1S/C33H40N8O4/c1-6-16-40-29(42)25-21-34-30(37-28(25)41(40)26-13-8-22-14-15-33(44,7-2)27(22)36-26)35-23-9-11-24(12-10-23)38-17-19-39(20-18-38)31(43)45-32(3,4)5/h6,8-13,21,44H,1,7,14-20H2,2-5H3,(H,34,35,37)/t33-/m1/s1. The molecular formula is C33H40N8O4. The number of pyridine rings is 1. The van der Waals surface area contributed by atoms with Crippen LogP contribution in [0.1, 0.15) is 51.8 Å². The number of carbonyl (C=O) groups is 1. The van der Waals surface area contributed by atoms with Crippen LogP contribution in [0.2, 0.25) is 0 Å². The molecule has 1 saturated heterocycles. The second-order valence-electron chi connectivity index (χ2n) is 12.6. The maximum atomic E-state index is 13.4. The van der Waals surface area contributed by atoms with Crippen molar-refractivity contribution in [3.8, 4) is 5.82 Å². The zero-order valence-corrected chi connectivity index (χ0v) is 26.3. The van der Waals surface area contributed by atoms with Gasteiger partial charge in [-0.3, -0.25) is 4.79 Å². The van der Waals surface area contributed by atoms with Crippen LogP contribution in [-0.4, -0.2) is 72.2 Å². The quantitative estimate of drug-likeness (QED) is 0.290. The normalized spacial score (nSPS) is 18.2. The van der Waals surface area contributed by atoms with Crippen molar-refractivity contribution in [2.45, 2.75) is 64.7 Å². The number of nitrogens with zero attached hydrogens (tertiary/aromatic N) is 7. The van der Waals surface area contributed by atoms with Gasteiger partial charge in [-0.05, 0) is 75.9 Å². The highest BCUT2D eigenvalue weighted by Crippen LogP contribution is 2.38. The van der Waals surface area contributed by atoms with Crippen molar-refractivity contribution >= 4 is 34.4 Å². The molecule has 0 saturated carbocycles. The Labute approximate surface area is 262 Å². The highest BCUT2D eigenvalue weighted by atomic mass is 16.6. The van der Waals surface area contributed by atoms with Crippen molar-refractivity contribution in [1.82, 2.24) is 29.2 Å². The van der Waals surface area contributed by atoms with Crippen molar-refractivity contribution in [2.75, 3.05) is 36.4 Å². The van der Waals surface area contributed by atoms with Crippen molar-refractivity contribution in [2.24, 2.45) is 0 Å². The molecule has 2 aliphatic rings. The van der Waals surface area contributed by atoms with E-state index < -0.39 is 11.2 Å². The first-order chi connectivity index (χ1) is 21.5. The highest BCUT2D eigenvalue weighted by molar-refractivity contribution is 5.77. The summed E-state index contributed by atoms with van der Waals surface area (Å²) in [6.45, 7) is 14.2. The molecule has 3 aromatic heterocycles. The van der Waals surface area contributed by atoms with Crippen molar-refractivity contribution in [3.05, 3.63) is 76.9 Å². The van der Waals surface area contributed by atoms with Gasteiger partial charge in [-0.2, -0.15) is 4.98 Å². The smallest absolute Gasteiger partial charge is 0.410 e. The molecule has 0 radical (unpaired) electrons. The lowest BCUT2D eigenvalue weighted by Gasteiger charge is -2.36. The molecule has 1 atom stereocenters. The van der Waals surface area contributed by atoms with E-state index in [2.05, 4.69) is 21.8 Å². The summed E-state index contributed by atoms with van der Waals surface area (Å²) >= 11 is 0. The number of nitrogens with one attached hydrogen (secondary N) is 1. The molecule has 12 heteroatoms. The van der Waals surface area contributed by atoms with E-state index in [-0.39, 0.29) is 18.2 Å². The molecule has 4 aromatic rings. The molecule has 0 spiro atoms. The van der Waals surface area contributed by atoms with Gasteiger partial charge in [0.2, 0.25) is 5.95 Å². The summed E-state index contributed by atoms with van der Waals surface area (Å²) in [6, 6.07) is 11.8. The van der Waals surface area contributed by atoms with Gasteiger partial charge in [-0.1, -0.05) is 19.1 Å². The van der Waals surface area contributed by atoms with Gasteiger partial charge >= 0.3 is 6.09 Å². The number of rotatable bonds is 7. The van der Waals surface area contributed by atoms with Crippen molar-refractivity contribution in [1.29, 1.82) is 0 Å². The monoisotopic (exact) mass is 612 g/mol. The van der Waals surface area contributed by atoms with Crippen molar-refractivity contribution < 1.29 is 14.6 Å². The predicted octanol–water partition coefficient (Wildman–Crippen LogP) is 4.51. The highest BCUT2D eigenvalue weighted by Gasteiger charge is 2.37. The van der Waals surface area contributed by atoms with Crippen LogP contribution in [0.15, 0.2) is 60.0 Å². The number of carbonyl (C=O) groups excluding carboxylic acids is 1. The Balaban J connectivity index is 1.23. The van der Waals surface area contributed by atoms with Gasteiger partial charge in [-0.15, -0.1) is 6.58 Å². The number of ether oxygens (including phenoxy) is 1. The SMILES string of the molecule is C=CCn1c(=O)c2cnc(Nc3ccc(N4CCN(C(=O)OC(C)(C)C)CC4)cc3)nc2n1-c1ccc2c(n1)[C@@](O)(CC)CC2. The van der Waals surface area contributed by atoms with Gasteiger partial charge in [0.1, 0.15) is 16.6 Å². The van der Waals surface area contributed by atoms with Gasteiger partial charge in [-0.25, -0.2) is 24.1 Å². The Bertz CT molecular complexity index is 1800. The number of aromatic nitrogens is 5. The maximum absolute atomic E-state index is 13.4. The summed E-state index contributed by atoms with van der Waals surface area (Å²) < 4.78 is 8.72. The summed E-state index contributed by atoms with van der Waals surface area (Å²) in [6.07, 6.45) is 4.84. The molecule has 6 rings (SSSR count). The summed E-state index contributed by atoms with van der Waals surface area (Å²) in [5.74, 6) is 0.828. The Morgan fingerprint density at radius 2 is 1.84 bits per heavy atom. The molecule has 0 unspecified atom stereocenters. The van der Waals surface area contributed by atoms with E-state index in [1.807, 2.05) is 64.1 Å². The van der Waals surface area contributed by atoms with Crippen LogP contribution in [0.3, 0.4) is 0 Å². The number of aliphatic hydroxyl groups is 1. The lowest BCUT2D eigenvalue weighted by Crippen LogP contribution is -2.50. The van der Waals surface area contributed by atoms with Crippen LogP contribution in [0.5, 0.6) is 0 Å². The van der Waals surface area contributed by atoms with Crippen LogP contribution in [0.4, 0.5) is 22.1 Å². The lowest BCUT2D eigenvalue weighted by molar-refractivity contribution is 0.0240. The Morgan fingerprint density at radius 3 is 2.51 bits per heavy atom. The number of aryl methyl sites for hydroxylation is 1. The Hall–Kier alpha value is -4.71. The summed E-state index contributed by atoms with van der Waals surface area (Å²) in [7, 11) is 0. The van der Waals surface area contributed by atoms with Gasteiger partial charge in [0.05, 0.1) is 12.2 Å². The number of fused-ring (bicyclic) bond motifs is 2. The second-order valence-corrected chi connectivity index (χ2v) is 12.6. The van der Waals surface area contributed by atoms with E-state index in [0.717, 1.165) is 23.4 Å². The zero-order valence-electron chi connectivity index (χ0n) is 26.3. The van der Waals surface area contributed by atoms with Gasteiger partial charge in [0, 0.05) is 43.8 Å². The molecular weight excluding hydrogens is 572 g/mol. The van der Waals surface area contributed by atoms with Crippen LogP contribution in [-0.2, 0) is 23.3 Å². The molecule has 1 fully saturated rings. The number of benzene rings is 1. The minimum atomic E-state index is -0.989. The molecule has 45 heavy (non-hydrogen) atoms. The van der Waals surface area contributed by atoms with E-state index >= 15 is 0 Å². The molecule has 2 N–H and O–H groups in total. The zero-order chi connectivity index (χ0) is 31.9. The maximum Gasteiger partial charge on any atom is 0.410 e. The topological polar surface area (TPSA) is 131 Å². The number of amides is 1.